The van der Waals surface area contributed by atoms with E-state index in [1.54, 1.807) is 25.1 Å². The molecule has 0 N–H and O–H groups in total. The van der Waals surface area contributed by atoms with Crippen LogP contribution in [0.2, 0.25) is 0 Å². The topological polar surface area (TPSA) is 82.8 Å². The number of halogens is 1. The number of benzene rings is 1. The SMILES string of the molecule is CCOC(=O)[C@H](CC)Sc1ncnc2c1nnn2Cc1ccccc1F. The number of carbonyl (C=O) groups is 1. The van der Waals surface area contributed by atoms with E-state index in [1.165, 1.54) is 28.8 Å². The zero-order valence-corrected chi connectivity index (χ0v) is 15.2. The molecule has 3 aromatic rings. The molecular formula is C17H18FN5O2S. The minimum absolute atomic E-state index is 0.208. The molecular weight excluding hydrogens is 357 g/mol. The Bertz CT molecular complexity index is 917. The molecule has 0 aliphatic carbocycles. The van der Waals surface area contributed by atoms with Gasteiger partial charge in [-0.05, 0) is 19.4 Å². The van der Waals surface area contributed by atoms with Crippen molar-refractivity contribution in [2.75, 3.05) is 6.61 Å². The number of thioether (sulfide) groups is 1. The molecule has 0 bridgehead atoms. The number of hydrogen-bond acceptors (Lipinski definition) is 7. The van der Waals surface area contributed by atoms with Gasteiger partial charge in [-0.15, -0.1) is 5.10 Å². The highest BCUT2D eigenvalue weighted by atomic mass is 32.2. The van der Waals surface area contributed by atoms with Crippen molar-refractivity contribution in [2.45, 2.75) is 37.1 Å². The van der Waals surface area contributed by atoms with Crippen LogP contribution in [0.4, 0.5) is 4.39 Å². The number of nitrogens with zero attached hydrogens (tertiary/aromatic N) is 5. The summed E-state index contributed by atoms with van der Waals surface area (Å²) in [4.78, 5) is 20.5. The summed E-state index contributed by atoms with van der Waals surface area (Å²) in [5.41, 5.74) is 1.46. The first-order valence-corrected chi connectivity index (χ1v) is 9.12. The molecule has 26 heavy (non-hydrogen) atoms. The molecule has 0 radical (unpaired) electrons. The summed E-state index contributed by atoms with van der Waals surface area (Å²) in [5.74, 6) is -0.598. The van der Waals surface area contributed by atoms with Crippen LogP contribution in [0.25, 0.3) is 11.2 Å². The predicted octanol–water partition coefficient (Wildman–Crippen LogP) is 2.84. The molecule has 2 heterocycles. The Labute approximate surface area is 154 Å². The molecule has 2 aromatic heterocycles. The average Bonchev–Trinajstić information content (AvgIpc) is 3.05. The molecule has 0 amide bonds. The molecule has 0 fully saturated rings. The van der Waals surface area contributed by atoms with E-state index in [2.05, 4.69) is 20.3 Å². The fraction of sp³-hybridized carbons (Fsp3) is 0.353. The molecule has 3 rings (SSSR count). The summed E-state index contributed by atoms with van der Waals surface area (Å²) in [7, 11) is 0. The van der Waals surface area contributed by atoms with Gasteiger partial charge in [0, 0.05) is 5.56 Å². The van der Waals surface area contributed by atoms with E-state index >= 15 is 0 Å². The lowest BCUT2D eigenvalue weighted by Crippen LogP contribution is -2.19. The molecule has 9 heteroatoms. The van der Waals surface area contributed by atoms with Crippen LogP contribution in [0.5, 0.6) is 0 Å². The number of hydrogen-bond donors (Lipinski definition) is 0. The molecule has 0 unspecified atom stereocenters. The largest absolute Gasteiger partial charge is 0.465 e. The predicted molar refractivity (Wildman–Crippen MR) is 95.2 cm³/mol. The number of esters is 1. The van der Waals surface area contributed by atoms with Gasteiger partial charge in [-0.25, -0.2) is 19.0 Å². The zero-order valence-electron chi connectivity index (χ0n) is 14.4. The minimum atomic E-state index is -0.384. The minimum Gasteiger partial charge on any atom is -0.465 e. The molecule has 0 spiro atoms. The van der Waals surface area contributed by atoms with Crippen molar-refractivity contribution in [3.05, 3.63) is 42.0 Å². The maximum absolute atomic E-state index is 13.9. The normalized spacial score (nSPS) is 12.3. The Morgan fingerprint density at radius 3 is 2.85 bits per heavy atom. The van der Waals surface area contributed by atoms with Crippen molar-refractivity contribution < 1.29 is 13.9 Å². The standard InChI is InChI=1S/C17H18FN5O2S/c1-3-13(17(24)25-4-2)26-16-14-15(19-10-20-16)23(22-21-14)9-11-7-5-6-8-12(11)18/h5-8,10,13H,3-4,9H2,1-2H3/t13-/m0/s1. The summed E-state index contributed by atoms with van der Waals surface area (Å²) in [6.45, 7) is 4.21. The quantitative estimate of drug-likeness (QED) is 0.357. The van der Waals surface area contributed by atoms with Gasteiger partial charge in [-0.3, -0.25) is 4.79 Å². The second-order valence-electron chi connectivity index (χ2n) is 5.46. The van der Waals surface area contributed by atoms with Gasteiger partial charge in [0.2, 0.25) is 0 Å². The fourth-order valence-corrected chi connectivity index (χ4v) is 3.37. The van der Waals surface area contributed by atoms with Crippen molar-refractivity contribution in [1.82, 2.24) is 25.0 Å². The molecule has 1 aromatic carbocycles. The molecule has 0 saturated heterocycles. The first-order valence-electron chi connectivity index (χ1n) is 8.24. The number of rotatable bonds is 7. The van der Waals surface area contributed by atoms with E-state index < -0.39 is 0 Å². The van der Waals surface area contributed by atoms with Gasteiger partial charge in [0.25, 0.3) is 0 Å². The smallest absolute Gasteiger partial charge is 0.319 e. The molecule has 7 nitrogen and oxygen atoms in total. The summed E-state index contributed by atoms with van der Waals surface area (Å²) < 4.78 is 20.5. The van der Waals surface area contributed by atoms with E-state index in [0.29, 0.717) is 34.8 Å². The second kappa shape index (κ2) is 8.22. The third kappa shape index (κ3) is 3.82. The van der Waals surface area contributed by atoms with Crippen molar-refractivity contribution in [2.24, 2.45) is 0 Å². The lowest BCUT2D eigenvalue weighted by Gasteiger charge is -2.12. The van der Waals surface area contributed by atoms with Gasteiger partial charge >= 0.3 is 5.97 Å². The van der Waals surface area contributed by atoms with E-state index in [4.69, 9.17) is 4.74 Å². The highest BCUT2D eigenvalue weighted by Crippen LogP contribution is 2.29. The maximum Gasteiger partial charge on any atom is 0.319 e. The van der Waals surface area contributed by atoms with Gasteiger partial charge in [-0.2, -0.15) is 0 Å². The van der Waals surface area contributed by atoms with Gasteiger partial charge < -0.3 is 4.74 Å². The molecule has 1 atom stereocenters. The molecule has 0 aliphatic rings. The Hall–Kier alpha value is -2.55. The van der Waals surface area contributed by atoms with Crippen LogP contribution in [0.15, 0.2) is 35.6 Å². The summed E-state index contributed by atoms with van der Waals surface area (Å²) in [6, 6.07) is 6.48. The van der Waals surface area contributed by atoms with Gasteiger partial charge in [0.1, 0.15) is 22.4 Å². The number of aromatic nitrogens is 5. The van der Waals surface area contributed by atoms with Crippen LogP contribution in [-0.4, -0.2) is 42.8 Å². The van der Waals surface area contributed by atoms with Crippen LogP contribution < -0.4 is 0 Å². The van der Waals surface area contributed by atoms with Crippen molar-refractivity contribution >= 4 is 28.9 Å². The van der Waals surface area contributed by atoms with Gasteiger partial charge in [-0.1, -0.05) is 42.1 Å². The molecule has 136 valence electrons. The lowest BCUT2D eigenvalue weighted by atomic mass is 10.2. The van der Waals surface area contributed by atoms with Crippen LogP contribution in [0.1, 0.15) is 25.8 Å². The number of fused-ring (bicyclic) bond motifs is 1. The number of carbonyl (C=O) groups excluding carboxylic acids is 1. The van der Waals surface area contributed by atoms with Crippen LogP contribution in [0, 0.1) is 5.82 Å². The second-order valence-corrected chi connectivity index (χ2v) is 6.65. The summed E-state index contributed by atoms with van der Waals surface area (Å²) >= 11 is 1.27. The van der Waals surface area contributed by atoms with E-state index in [-0.39, 0.29) is 23.6 Å². The molecule has 0 saturated carbocycles. The first-order chi connectivity index (χ1) is 12.6. The Balaban J connectivity index is 1.89. The Morgan fingerprint density at radius 1 is 1.31 bits per heavy atom. The van der Waals surface area contributed by atoms with Crippen LogP contribution in [-0.2, 0) is 16.1 Å². The number of ether oxygens (including phenoxy) is 1. The van der Waals surface area contributed by atoms with Crippen molar-refractivity contribution in [1.29, 1.82) is 0 Å². The maximum atomic E-state index is 13.9. The average molecular weight is 375 g/mol. The van der Waals surface area contributed by atoms with Crippen LogP contribution in [0.3, 0.4) is 0 Å². The van der Waals surface area contributed by atoms with Gasteiger partial charge in [0.05, 0.1) is 13.2 Å². The van der Waals surface area contributed by atoms with Gasteiger partial charge in [0.15, 0.2) is 11.2 Å². The van der Waals surface area contributed by atoms with Crippen molar-refractivity contribution in [3.8, 4) is 0 Å². The first kappa shape index (κ1) is 18.2. The van der Waals surface area contributed by atoms with E-state index in [1.807, 2.05) is 6.92 Å². The van der Waals surface area contributed by atoms with Crippen LogP contribution >= 0.6 is 11.8 Å². The summed E-state index contributed by atoms with van der Waals surface area (Å²) in [5, 5.41) is 8.37. The zero-order chi connectivity index (χ0) is 18.5. The van der Waals surface area contributed by atoms with E-state index in [9.17, 15) is 9.18 Å². The third-order valence-electron chi connectivity index (χ3n) is 3.72. The molecule has 0 aliphatic heterocycles. The van der Waals surface area contributed by atoms with Crippen molar-refractivity contribution in [3.63, 3.8) is 0 Å². The Kier molecular flexibility index (Phi) is 5.77. The highest BCUT2D eigenvalue weighted by molar-refractivity contribution is 8.00. The highest BCUT2D eigenvalue weighted by Gasteiger charge is 2.23. The summed E-state index contributed by atoms with van der Waals surface area (Å²) in [6.07, 6.45) is 1.99. The lowest BCUT2D eigenvalue weighted by molar-refractivity contribution is -0.142. The fourth-order valence-electron chi connectivity index (χ4n) is 2.42. The van der Waals surface area contributed by atoms with E-state index in [0.717, 1.165) is 0 Å². The third-order valence-corrected chi connectivity index (χ3v) is 5.05. The Morgan fingerprint density at radius 2 is 2.12 bits per heavy atom. The monoisotopic (exact) mass is 375 g/mol.